The van der Waals surface area contributed by atoms with Crippen LogP contribution in [0.15, 0.2) is 50.7 Å². The van der Waals surface area contributed by atoms with Crippen LogP contribution in [0.4, 0.5) is 0 Å². The summed E-state index contributed by atoms with van der Waals surface area (Å²) in [5.41, 5.74) is 0.557. The Morgan fingerprint density at radius 3 is 2.55 bits per heavy atom. The van der Waals surface area contributed by atoms with Crippen LogP contribution in [0.25, 0.3) is 10.8 Å². The number of nitrogens with zero attached hydrogens (tertiary/aromatic N) is 2. The Morgan fingerprint density at radius 1 is 1.17 bits per heavy atom. The molecule has 1 aromatic carbocycles. The van der Waals surface area contributed by atoms with Crippen molar-refractivity contribution in [2.24, 2.45) is 0 Å². The first-order chi connectivity index (χ1) is 14.0. The summed E-state index contributed by atoms with van der Waals surface area (Å²) in [7, 11) is 0. The highest BCUT2D eigenvalue weighted by Crippen LogP contribution is 2.22. The molecule has 1 atom stereocenters. The van der Waals surface area contributed by atoms with E-state index >= 15 is 0 Å². The summed E-state index contributed by atoms with van der Waals surface area (Å²) in [5, 5.41) is 10.4. The van der Waals surface area contributed by atoms with E-state index in [1.54, 1.807) is 35.6 Å². The highest BCUT2D eigenvalue weighted by atomic mass is 32.1. The molecule has 29 heavy (non-hydrogen) atoms. The minimum atomic E-state index is -0.334. The predicted octanol–water partition coefficient (Wildman–Crippen LogP) is 2.34. The number of hydrogen-bond donors (Lipinski definition) is 2. The molecule has 0 saturated heterocycles. The maximum absolute atomic E-state index is 12.5. The molecular weight excluding hydrogens is 388 g/mol. The van der Waals surface area contributed by atoms with Gasteiger partial charge < -0.3 is 5.32 Å². The Morgan fingerprint density at radius 2 is 1.90 bits per heavy atom. The van der Waals surface area contributed by atoms with Crippen LogP contribution < -0.4 is 16.4 Å². The molecule has 1 unspecified atom stereocenters. The Kier molecular flexibility index (Phi) is 7.00. The van der Waals surface area contributed by atoms with Crippen LogP contribution in [0.2, 0.25) is 0 Å². The molecule has 8 heteroatoms. The van der Waals surface area contributed by atoms with Crippen molar-refractivity contribution in [1.29, 1.82) is 0 Å². The largest absolute Gasteiger partial charge is 0.354 e. The predicted molar refractivity (Wildman–Crippen MR) is 116 cm³/mol. The van der Waals surface area contributed by atoms with E-state index in [-0.39, 0.29) is 36.0 Å². The summed E-state index contributed by atoms with van der Waals surface area (Å²) in [4.78, 5) is 39.4. The first-order valence-corrected chi connectivity index (χ1v) is 10.7. The van der Waals surface area contributed by atoms with Gasteiger partial charge in [0.25, 0.3) is 11.1 Å². The number of H-pyrrole nitrogens is 1. The summed E-state index contributed by atoms with van der Waals surface area (Å²) < 4.78 is 1.21. The number of rotatable bonds is 9. The molecule has 154 valence electrons. The number of aromatic nitrogens is 2. The van der Waals surface area contributed by atoms with Gasteiger partial charge >= 0.3 is 0 Å². The summed E-state index contributed by atoms with van der Waals surface area (Å²) >= 11 is 1.64. The number of carbonyl (C=O) groups excluding carboxylic acids is 1. The molecule has 0 aliphatic carbocycles. The second-order valence-electron chi connectivity index (χ2n) is 6.79. The van der Waals surface area contributed by atoms with Crippen LogP contribution in [0.1, 0.15) is 31.9 Å². The minimum absolute atomic E-state index is 0.114. The lowest BCUT2D eigenvalue weighted by molar-refractivity contribution is -0.121. The number of aryl methyl sites for hydroxylation is 1. The lowest BCUT2D eigenvalue weighted by Crippen LogP contribution is -2.38. The summed E-state index contributed by atoms with van der Waals surface area (Å²) in [5.74, 6) is -0.154. The third kappa shape index (κ3) is 4.83. The Balaban J connectivity index is 1.65. The Hall–Kier alpha value is -2.71. The van der Waals surface area contributed by atoms with Gasteiger partial charge in [0, 0.05) is 13.0 Å². The molecule has 0 spiro atoms. The molecule has 2 heterocycles. The number of fused-ring (bicyclic) bond motifs is 1. The quantitative estimate of drug-likeness (QED) is 0.563. The highest BCUT2D eigenvalue weighted by molar-refractivity contribution is 7.07. The average Bonchev–Trinajstić information content (AvgIpc) is 3.27. The zero-order valence-corrected chi connectivity index (χ0v) is 17.5. The van der Waals surface area contributed by atoms with Gasteiger partial charge in [-0.1, -0.05) is 26.0 Å². The summed E-state index contributed by atoms with van der Waals surface area (Å²) in [6.45, 7) is 6.61. The lowest BCUT2D eigenvalue weighted by Gasteiger charge is -2.29. The molecule has 2 N–H and O–H groups in total. The van der Waals surface area contributed by atoms with Crippen molar-refractivity contribution < 1.29 is 4.79 Å². The van der Waals surface area contributed by atoms with E-state index in [2.05, 4.69) is 40.6 Å². The maximum Gasteiger partial charge on any atom is 0.273 e. The van der Waals surface area contributed by atoms with Gasteiger partial charge in [-0.3, -0.25) is 24.4 Å². The van der Waals surface area contributed by atoms with Crippen molar-refractivity contribution in [3.63, 3.8) is 0 Å². The van der Waals surface area contributed by atoms with Crippen LogP contribution in [-0.4, -0.2) is 40.2 Å². The first-order valence-electron chi connectivity index (χ1n) is 9.79. The van der Waals surface area contributed by atoms with Gasteiger partial charge in [-0.05, 0) is 47.6 Å². The van der Waals surface area contributed by atoms with Crippen molar-refractivity contribution in [3.8, 4) is 0 Å². The van der Waals surface area contributed by atoms with Crippen molar-refractivity contribution in [3.05, 3.63) is 67.4 Å². The van der Waals surface area contributed by atoms with Crippen LogP contribution in [-0.2, 0) is 11.3 Å². The minimum Gasteiger partial charge on any atom is -0.354 e. The number of carbonyl (C=O) groups is 1. The van der Waals surface area contributed by atoms with Crippen LogP contribution in [0.5, 0.6) is 0 Å². The van der Waals surface area contributed by atoms with E-state index in [1.165, 1.54) is 10.2 Å². The van der Waals surface area contributed by atoms with E-state index in [4.69, 9.17) is 0 Å². The zero-order valence-electron chi connectivity index (χ0n) is 16.7. The molecule has 0 radical (unpaired) electrons. The second-order valence-corrected chi connectivity index (χ2v) is 7.57. The smallest absolute Gasteiger partial charge is 0.273 e. The number of amides is 1. The van der Waals surface area contributed by atoms with Gasteiger partial charge in [0.2, 0.25) is 5.91 Å². The van der Waals surface area contributed by atoms with E-state index in [1.807, 2.05) is 5.38 Å². The fourth-order valence-electron chi connectivity index (χ4n) is 3.50. The third-order valence-corrected chi connectivity index (χ3v) is 5.82. The number of thiophene rings is 1. The molecule has 3 rings (SSSR count). The molecule has 0 aliphatic rings. The molecule has 0 bridgehead atoms. The van der Waals surface area contributed by atoms with Gasteiger partial charge in [-0.2, -0.15) is 11.3 Å². The number of hydrogen-bond acceptors (Lipinski definition) is 5. The first kappa shape index (κ1) is 21.0. The molecule has 1 amide bonds. The van der Waals surface area contributed by atoms with E-state index in [0.29, 0.717) is 17.3 Å². The standard InChI is InChI=1S/C21H26N4O3S/c1-3-24(4-2)18(15-10-12-29-14-15)13-22-19(26)9-11-25-21(28)17-8-6-5-7-16(17)20(27)23-25/h5-8,10,12,14,18H,3-4,9,11,13H2,1-2H3,(H,22,26)(H,23,27). The molecule has 7 nitrogen and oxygen atoms in total. The molecule has 0 saturated carbocycles. The van der Waals surface area contributed by atoms with Gasteiger partial charge in [0.05, 0.1) is 23.4 Å². The Bertz CT molecular complexity index is 1070. The molecule has 2 aromatic heterocycles. The topological polar surface area (TPSA) is 87.2 Å². The van der Waals surface area contributed by atoms with Gasteiger partial charge in [-0.25, -0.2) is 4.68 Å². The van der Waals surface area contributed by atoms with Crippen molar-refractivity contribution in [2.75, 3.05) is 19.6 Å². The number of likely N-dealkylation sites (N-methyl/N-ethyl adjacent to an activating group) is 1. The lowest BCUT2D eigenvalue weighted by atomic mass is 10.1. The summed E-state index contributed by atoms with van der Waals surface area (Å²) in [6, 6.07) is 8.87. The molecule has 0 fully saturated rings. The highest BCUT2D eigenvalue weighted by Gasteiger charge is 2.19. The van der Waals surface area contributed by atoms with Gasteiger partial charge in [-0.15, -0.1) is 0 Å². The van der Waals surface area contributed by atoms with Gasteiger partial charge in [0.15, 0.2) is 0 Å². The van der Waals surface area contributed by atoms with Gasteiger partial charge in [0.1, 0.15) is 0 Å². The molecule has 3 aromatic rings. The monoisotopic (exact) mass is 414 g/mol. The molecular formula is C21H26N4O3S. The normalized spacial score (nSPS) is 12.4. The van der Waals surface area contributed by atoms with E-state index in [9.17, 15) is 14.4 Å². The SMILES string of the molecule is CCN(CC)C(CNC(=O)CCn1[nH]c(=O)c2ccccc2c1=O)c1ccsc1. The average molecular weight is 415 g/mol. The number of benzene rings is 1. The number of nitrogens with one attached hydrogen (secondary N) is 2. The van der Waals surface area contributed by atoms with Crippen LogP contribution in [0, 0.1) is 0 Å². The second kappa shape index (κ2) is 9.67. The van der Waals surface area contributed by atoms with Crippen molar-refractivity contribution in [1.82, 2.24) is 20.0 Å². The Labute approximate surface area is 173 Å². The fraction of sp³-hybridized carbons (Fsp3) is 0.381. The van der Waals surface area contributed by atoms with Crippen LogP contribution in [0.3, 0.4) is 0 Å². The zero-order chi connectivity index (χ0) is 20.8. The van der Waals surface area contributed by atoms with E-state index in [0.717, 1.165) is 13.1 Å². The summed E-state index contributed by atoms with van der Waals surface area (Å²) in [6.07, 6.45) is 0.114. The van der Waals surface area contributed by atoms with Crippen molar-refractivity contribution in [2.45, 2.75) is 32.9 Å². The molecule has 0 aliphatic heterocycles. The van der Waals surface area contributed by atoms with E-state index < -0.39 is 0 Å². The number of aromatic amines is 1. The third-order valence-electron chi connectivity index (χ3n) is 5.12. The van der Waals surface area contributed by atoms with Crippen LogP contribution >= 0.6 is 11.3 Å². The van der Waals surface area contributed by atoms with Crippen molar-refractivity contribution >= 4 is 28.0 Å². The maximum atomic E-state index is 12.5. The fourth-order valence-corrected chi connectivity index (χ4v) is 4.21.